The van der Waals surface area contributed by atoms with E-state index in [1.165, 1.54) is 6.07 Å². The molecule has 4 rings (SSSR count). The lowest BCUT2D eigenvalue weighted by Gasteiger charge is -2.37. The summed E-state index contributed by atoms with van der Waals surface area (Å²) in [5, 5.41) is 12.6. The predicted molar refractivity (Wildman–Crippen MR) is 100 cm³/mol. The zero-order chi connectivity index (χ0) is 19.4. The van der Waals surface area contributed by atoms with Crippen LogP contribution < -0.4 is 5.32 Å². The van der Waals surface area contributed by atoms with Crippen molar-refractivity contribution in [2.75, 3.05) is 0 Å². The summed E-state index contributed by atoms with van der Waals surface area (Å²) < 4.78 is 28.8. The number of halogens is 4. The minimum absolute atomic E-state index is 0.0266. The summed E-state index contributed by atoms with van der Waals surface area (Å²) in [6.07, 6.45) is 6.17. The number of benzene rings is 1. The fourth-order valence-corrected chi connectivity index (χ4v) is 5.85. The number of rotatable bonds is 4. The fourth-order valence-electron chi connectivity index (χ4n) is 5.40. The average molecular weight is 418 g/mol. The average Bonchev–Trinajstić information content (AvgIpc) is 3.36. The van der Waals surface area contributed by atoms with Crippen LogP contribution in [0.25, 0.3) is 0 Å². The van der Waals surface area contributed by atoms with Crippen molar-refractivity contribution in [3.8, 4) is 5.75 Å². The van der Waals surface area contributed by atoms with Gasteiger partial charge in [-0.25, -0.2) is 8.78 Å². The molecule has 3 aliphatic carbocycles. The highest BCUT2D eigenvalue weighted by atomic mass is 35.5. The molecule has 1 amide bonds. The third-order valence-corrected chi connectivity index (χ3v) is 7.76. The Balaban J connectivity index is 1.74. The first-order valence-electron chi connectivity index (χ1n) is 9.60. The number of amides is 1. The number of hydrogen-bond acceptors (Lipinski definition) is 2. The molecule has 0 aliphatic heterocycles. The molecule has 0 saturated heterocycles. The third kappa shape index (κ3) is 3.21. The monoisotopic (exact) mass is 417 g/mol. The van der Waals surface area contributed by atoms with E-state index < -0.39 is 28.7 Å². The second-order valence-corrected chi connectivity index (χ2v) is 9.30. The van der Waals surface area contributed by atoms with Gasteiger partial charge in [0.05, 0.1) is 16.1 Å². The lowest BCUT2D eigenvalue weighted by Crippen LogP contribution is -2.41. The van der Waals surface area contributed by atoms with Crippen molar-refractivity contribution < 1.29 is 18.7 Å². The zero-order valence-electron chi connectivity index (χ0n) is 15.0. The number of nitrogens with one attached hydrogen (secondary N) is 1. The second-order valence-electron chi connectivity index (χ2n) is 8.54. The van der Waals surface area contributed by atoms with E-state index >= 15 is 0 Å². The van der Waals surface area contributed by atoms with Gasteiger partial charge in [0.25, 0.3) is 0 Å². The predicted octanol–water partition coefficient (Wildman–Crippen LogP) is 5.86. The quantitative estimate of drug-likeness (QED) is 0.602. The smallest absolute Gasteiger partial charge is 0.223 e. The summed E-state index contributed by atoms with van der Waals surface area (Å²) in [5.41, 5.74) is -1.33. The number of hydrogen-bond donors (Lipinski definition) is 2. The molecule has 1 aromatic rings. The first-order valence-corrected chi connectivity index (χ1v) is 10.4. The molecule has 3 saturated carbocycles. The van der Waals surface area contributed by atoms with Gasteiger partial charge in [-0.05, 0) is 62.0 Å². The Morgan fingerprint density at radius 3 is 2.37 bits per heavy atom. The van der Waals surface area contributed by atoms with E-state index in [0.29, 0.717) is 37.7 Å². The Hall–Kier alpha value is -1.07. The van der Waals surface area contributed by atoms with Gasteiger partial charge >= 0.3 is 0 Å². The van der Waals surface area contributed by atoms with Crippen molar-refractivity contribution in [1.82, 2.24) is 5.32 Å². The van der Waals surface area contributed by atoms with E-state index in [1.54, 1.807) is 0 Å². The topological polar surface area (TPSA) is 49.3 Å². The number of aromatic hydroxyl groups is 1. The van der Waals surface area contributed by atoms with Gasteiger partial charge in [-0.3, -0.25) is 4.79 Å². The lowest BCUT2D eigenvalue weighted by atomic mass is 9.74. The Labute approximate surface area is 167 Å². The standard InChI is InChI=1S/C20H23Cl2F2NO2/c21-14-12(9-13(26)16(23)15(14)22)17(25-18(27)11-3-1-2-4-11)19-5-7-20(24,10-19)8-6-19/h9,11,17,26H,1-8,10H2,(H,25,27). The maximum absolute atomic E-state index is 14.9. The molecule has 1 aromatic carbocycles. The normalized spacial score (nSPS) is 31.4. The van der Waals surface area contributed by atoms with Crippen molar-refractivity contribution in [2.45, 2.75) is 69.5 Å². The van der Waals surface area contributed by atoms with Crippen LogP contribution in [0.1, 0.15) is 69.4 Å². The molecular weight excluding hydrogens is 395 g/mol. The second kappa shape index (κ2) is 6.77. The van der Waals surface area contributed by atoms with Gasteiger partial charge in [0.15, 0.2) is 11.6 Å². The summed E-state index contributed by atoms with van der Waals surface area (Å²) >= 11 is 12.3. The molecule has 0 radical (unpaired) electrons. The Kier molecular flexibility index (Phi) is 4.83. The molecular formula is C20H23Cl2F2NO2. The molecule has 2 N–H and O–H groups in total. The SMILES string of the molecule is O=C(NC(c1cc(O)c(F)c(Cl)c1Cl)C12CCC(F)(CC1)C2)C1CCCC1. The van der Waals surface area contributed by atoms with Crippen LogP contribution in [-0.4, -0.2) is 16.7 Å². The molecule has 3 fully saturated rings. The van der Waals surface area contributed by atoms with Gasteiger partial charge in [0, 0.05) is 5.92 Å². The minimum Gasteiger partial charge on any atom is -0.505 e. The van der Waals surface area contributed by atoms with Crippen LogP contribution in [0.2, 0.25) is 10.0 Å². The lowest BCUT2D eigenvalue weighted by molar-refractivity contribution is -0.126. The van der Waals surface area contributed by atoms with Crippen LogP contribution in [0.15, 0.2) is 6.07 Å². The Bertz CT molecular complexity index is 772. The van der Waals surface area contributed by atoms with Crippen LogP contribution in [0.3, 0.4) is 0 Å². The Morgan fingerprint density at radius 2 is 1.81 bits per heavy atom. The molecule has 2 bridgehead atoms. The molecule has 1 unspecified atom stereocenters. The van der Waals surface area contributed by atoms with E-state index in [-0.39, 0.29) is 21.9 Å². The highest BCUT2D eigenvalue weighted by molar-refractivity contribution is 6.42. The molecule has 3 aliphatic rings. The van der Waals surface area contributed by atoms with Crippen molar-refractivity contribution in [3.63, 3.8) is 0 Å². The fraction of sp³-hybridized carbons (Fsp3) is 0.650. The van der Waals surface area contributed by atoms with Crippen LogP contribution >= 0.6 is 23.2 Å². The number of phenolic OH excluding ortho intramolecular Hbond substituents is 1. The van der Waals surface area contributed by atoms with Gasteiger partial charge in [-0.15, -0.1) is 0 Å². The van der Waals surface area contributed by atoms with Crippen molar-refractivity contribution in [2.24, 2.45) is 11.3 Å². The maximum Gasteiger partial charge on any atom is 0.223 e. The van der Waals surface area contributed by atoms with Crippen molar-refractivity contribution >= 4 is 29.1 Å². The minimum atomic E-state index is -1.21. The number of carbonyl (C=O) groups excluding carboxylic acids is 1. The molecule has 1 atom stereocenters. The molecule has 0 aromatic heterocycles. The van der Waals surface area contributed by atoms with E-state index in [2.05, 4.69) is 5.32 Å². The van der Waals surface area contributed by atoms with Crippen LogP contribution in [-0.2, 0) is 4.79 Å². The van der Waals surface area contributed by atoms with Gasteiger partial charge < -0.3 is 10.4 Å². The molecule has 0 heterocycles. The van der Waals surface area contributed by atoms with Crippen LogP contribution in [0.5, 0.6) is 5.75 Å². The molecule has 27 heavy (non-hydrogen) atoms. The highest BCUT2D eigenvalue weighted by Crippen LogP contribution is 2.64. The van der Waals surface area contributed by atoms with Crippen molar-refractivity contribution in [1.29, 1.82) is 0 Å². The van der Waals surface area contributed by atoms with Gasteiger partial charge in [0.2, 0.25) is 5.91 Å². The Morgan fingerprint density at radius 1 is 1.19 bits per heavy atom. The summed E-state index contributed by atoms with van der Waals surface area (Å²) in [7, 11) is 0. The summed E-state index contributed by atoms with van der Waals surface area (Å²) in [4.78, 5) is 12.9. The van der Waals surface area contributed by atoms with Crippen LogP contribution in [0.4, 0.5) is 8.78 Å². The zero-order valence-corrected chi connectivity index (χ0v) is 16.5. The first kappa shape index (κ1) is 19.3. The van der Waals surface area contributed by atoms with Gasteiger partial charge in [-0.1, -0.05) is 36.0 Å². The summed E-state index contributed by atoms with van der Waals surface area (Å²) in [6, 6.07) is 0.635. The first-order chi connectivity index (χ1) is 12.7. The van der Waals surface area contributed by atoms with Gasteiger partial charge in [0.1, 0.15) is 5.67 Å². The number of fused-ring (bicyclic) bond motifs is 2. The van der Waals surface area contributed by atoms with Gasteiger partial charge in [-0.2, -0.15) is 0 Å². The highest BCUT2D eigenvalue weighted by Gasteiger charge is 2.59. The van der Waals surface area contributed by atoms with E-state index in [4.69, 9.17) is 23.2 Å². The van der Waals surface area contributed by atoms with E-state index in [1.807, 2.05) is 0 Å². The third-order valence-electron chi connectivity index (χ3n) is 6.90. The number of alkyl halides is 1. The number of phenols is 1. The summed E-state index contributed by atoms with van der Waals surface area (Å²) in [5.74, 6) is -1.74. The molecule has 0 spiro atoms. The maximum atomic E-state index is 14.9. The summed E-state index contributed by atoms with van der Waals surface area (Å²) in [6.45, 7) is 0. The van der Waals surface area contributed by atoms with E-state index in [9.17, 15) is 18.7 Å². The molecule has 148 valence electrons. The largest absolute Gasteiger partial charge is 0.505 e. The van der Waals surface area contributed by atoms with Crippen molar-refractivity contribution in [3.05, 3.63) is 27.5 Å². The van der Waals surface area contributed by atoms with Crippen LogP contribution in [0, 0.1) is 17.2 Å². The molecule has 7 heteroatoms. The molecule has 3 nitrogen and oxygen atoms in total. The number of carbonyl (C=O) groups is 1. The van der Waals surface area contributed by atoms with E-state index in [0.717, 1.165) is 25.7 Å².